The monoisotopic (exact) mass is 288 g/mol. The fourth-order valence-corrected chi connectivity index (χ4v) is 1.88. The van der Waals surface area contributed by atoms with Crippen LogP contribution in [-0.2, 0) is 4.74 Å². The van der Waals surface area contributed by atoms with Crippen molar-refractivity contribution in [2.45, 2.75) is 6.92 Å². The van der Waals surface area contributed by atoms with Gasteiger partial charge in [-0.2, -0.15) is 11.8 Å². The van der Waals surface area contributed by atoms with Crippen molar-refractivity contribution < 1.29 is 9.53 Å². The molecule has 0 aliphatic heterocycles. The molecule has 0 N–H and O–H groups in total. The Hall–Kier alpha value is -0.480. The number of rotatable bonds is 4. The smallest absolute Gasteiger partial charge is 0.338 e. The van der Waals surface area contributed by atoms with Gasteiger partial charge in [0.2, 0.25) is 0 Å². The summed E-state index contributed by atoms with van der Waals surface area (Å²) in [6.07, 6.45) is 1.98. The number of carbonyl (C=O) groups is 1. The zero-order chi connectivity index (χ0) is 11.3. The SMILES string of the molecule is CSCCOC(=O)c1ccc(Br)cc1C. The molecule has 0 saturated carbocycles. The highest BCUT2D eigenvalue weighted by molar-refractivity contribution is 9.10. The fraction of sp³-hybridized carbons (Fsp3) is 0.364. The fourth-order valence-electron chi connectivity index (χ4n) is 1.15. The van der Waals surface area contributed by atoms with Gasteiger partial charge in [-0.1, -0.05) is 15.9 Å². The quantitative estimate of drug-likeness (QED) is 0.628. The second-order valence-electron chi connectivity index (χ2n) is 3.09. The molecule has 0 radical (unpaired) electrons. The maximum absolute atomic E-state index is 11.6. The van der Waals surface area contributed by atoms with E-state index in [4.69, 9.17) is 4.74 Å². The average molecular weight is 289 g/mol. The predicted molar refractivity (Wildman–Crippen MR) is 67.5 cm³/mol. The van der Waals surface area contributed by atoms with Gasteiger partial charge in [0.05, 0.1) is 5.56 Å². The summed E-state index contributed by atoms with van der Waals surface area (Å²) in [7, 11) is 0. The predicted octanol–water partition coefficient (Wildman–Crippen LogP) is 3.28. The van der Waals surface area contributed by atoms with Crippen LogP contribution >= 0.6 is 27.7 Å². The molecule has 4 heteroatoms. The first-order valence-electron chi connectivity index (χ1n) is 4.57. The van der Waals surface area contributed by atoms with Gasteiger partial charge in [-0.15, -0.1) is 0 Å². The van der Waals surface area contributed by atoms with Gasteiger partial charge in [-0.25, -0.2) is 4.79 Å². The van der Waals surface area contributed by atoms with Gasteiger partial charge in [-0.05, 0) is 36.9 Å². The summed E-state index contributed by atoms with van der Waals surface area (Å²) in [5.41, 5.74) is 1.57. The van der Waals surface area contributed by atoms with Crippen LogP contribution in [-0.4, -0.2) is 24.6 Å². The highest BCUT2D eigenvalue weighted by Crippen LogP contribution is 2.16. The van der Waals surface area contributed by atoms with E-state index in [1.54, 1.807) is 17.8 Å². The number of ether oxygens (including phenoxy) is 1. The molecule has 0 heterocycles. The molecule has 0 atom stereocenters. The van der Waals surface area contributed by atoms with E-state index >= 15 is 0 Å². The van der Waals surface area contributed by atoms with Crippen LogP contribution in [0.5, 0.6) is 0 Å². The molecule has 0 amide bonds. The van der Waals surface area contributed by atoms with Crippen LogP contribution in [0, 0.1) is 6.92 Å². The molecule has 1 aromatic rings. The first-order chi connectivity index (χ1) is 7.15. The highest BCUT2D eigenvalue weighted by atomic mass is 79.9. The summed E-state index contributed by atoms with van der Waals surface area (Å²) in [4.78, 5) is 11.6. The molecule has 0 aliphatic carbocycles. The lowest BCUT2D eigenvalue weighted by Crippen LogP contribution is -2.09. The Bertz CT molecular complexity index is 352. The van der Waals surface area contributed by atoms with E-state index in [2.05, 4.69) is 15.9 Å². The number of hydrogen-bond acceptors (Lipinski definition) is 3. The Morgan fingerprint density at radius 3 is 2.87 bits per heavy atom. The highest BCUT2D eigenvalue weighted by Gasteiger charge is 2.09. The van der Waals surface area contributed by atoms with Gasteiger partial charge in [0.25, 0.3) is 0 Å². The van der Waals surface area contributed by atoms with Crippen molar-refractivity contribution in [2.24, 2.45) is 0 Å². The number of benzene rings is 1. The van der Waals surface area contributed by atoms with Gasteiger partial charge >= 0.3 is 5.97 Å². The maximum atomic E-state index is 11.6. The van der Waals surface area contributed by atoms with E-state index in [9.17, 15) is 4.79 Å². The molecule has 0 aliphatic rings. The van der Waals surface area contributed by atoms with Crippen molar-refractivity contribution in [1.82, 2.24) is 0 Å². The van der Waals surface area contributed by atoms with E-state index in [-0.39, 0.29) is 5.97 Å². The van der Waals surface area contributed by atoms with E-state index < -0.39 is 0 Å². The van der Waals surface area contributed by atoms with Crippen LogP contribution < -0.4 is 0 Å². The molecule has 0 unspecified atom stereocenters. The summed E-state index contributed by atoms with van der Waals surface area (Å²) in [5, 5.41) is 0. The van der Waals surface area contributed by atoms with Gasteiger partial charge in [0, 0.05) is 10.2 Å². The second-order valence-corrected chi connectivity index (χ2v) is 4.99. The second kappa shape index (κ2) is 6.18. The van der Waals surface area contributed by atoms with Gasteiger partial charge in [0.1, 0.15) is 6.61 Å². The minimum atomic E-state index is -0.242. The molecule has 15 heavy (non-hydrogen) atoms. The Balaban J connectivity index is 2.65. The van der Waals surface area contributed by atoms with Crippen LogP contribution in [0.3, 0.4) is 0 Å². The molecule has 1 aromatic carbocycles. The molecule has 0 saturated heterocycles. The molecular weight excluding hydrogens is 276 g/mol. The van der Waals surface area contributed by atoms with Crippen molar-refractivity contribution in [3.8, 4) is 0 Å². The topological polar surface area (TPSA) is 26.3 Å². The van der Waals surface area contributed by atoms with Crippen LogP contribution in [0.2, 0.25) is 0 Å². The molecule has 0 spiro atoms. The lowest BCUT2D eigenvalue weighted by atomic mass is 10.1. The standard InChI is InChI=1S/C11H13BrO2S/c1-8-7-9(12)3-4-10(8)11(13)14-5-6-15-2/h3-4,7H,5-6H2,1-2H3. The van der Waals surface area contributed by atoms with Crippen LogP contribution in [0.1, 0.15) is 15.9 Å². The Morgan fingerprint density at radius 2 is 2.27 bits per heavy atom. The number of thioether (sulfide) groups is 1. The molecule has 0 fully saturated rings. The van der Waals surface area contributed by atoms with Crippen LogP contribution in [0.25, 0.3) is 0 Å². The van der Waals surface area contributed by atoms with Crippen molar-refractivity contribution in [1.29, 1.82) is 0 Å². The van der Waals surface area contributed by atoms with Crippen molar-refractivity contribution in [3.05, 3.63) is 33.8 Å². The largest absolute Gasteiger partial charge is 0.461 e. The number of aryl methyl sites for hydroxylation is 1. The van der Waals surface area contributed by atoms with E-state index in [0.717, 1.165) is 15.8 Å². The van der Waals surface area contributed by atoms with Gasteiger partial charge in [0.15, 0.2) is 0 Å². The zero-order valence-electron chi connectivity index (χ0n) is 8.75. The first-order valence-corrected chi connectivity index (χ1v) is 6.76. The maximum Gasteiger partial charge on any atom is 0.338 e. The van der Waals surface area contributed by atoms with Crippen molar-refractivity contribution in [3.63, 3.8) is 0 Å². The summed E-state index contributed by atoms with van der Waals surface area (Å²) in [6.45, 7) is 2.37. The lowest BCUT2D eigenvalue weighted by molar-refractivity contribution is 0.0529. The summed E-state index contributed by atoms with van der Waals surface area (Å²) < 4.78 is 6.09. The minimum absolute atomic E-state index is 0.242. The Morgan fingerprint density at radius 1 is 1.53 bits per heavy atom. The molecule has 82 valence electrons. The van der Waals surface area contributed by atoms with E-state index in [0.29, 0.717) is 12.2 Å². The minimum Gasteiger partial charge on any atom is -0.461 e. The Kier molecular flexibility index (Phi) is 5.19. The van der Waals surface area contributed by atoms with Crippen LogP contribution in [0.15, 0.2) is 22.7 Å². The molecule has 0 aromatic heterocycles. The van der Waals surface area contributed by atoms with Crippen LogP contribution in [0.4, 0.5) is 0 Å². The first kappa shape index (κ1) is 12.6. The third-order valence-electron chi connectivity index (χ3n) is 1.93. The molecule has 2 nitrogen and oxygen atoms in total. The number of hydrogen-bond donors (Lipinski definition) is 0. The number of carbonyl (C=O) groups excluding carboxylic acids is 1. The summed E-state index contributed by atoms with van der Waals surface area (Å²) >= 11 is 5.01. The average Bonchev–Trinajstić information content (AvgIpc) is 2.17. The third kappa shape index (κ3) is 3.87. The van der Waals surface area contributed by atoms with Gasteiger partial charge < -0.3 is 4.74 Å². The third-order valence-corrected chi connectivity index (χ3v) is 3.00. The Labute approximate surface area is 103 Å². The normalized spacial score (nSPS) is 10.1. The molecule has 1 rings (SSSR count). The summed E-state index contributed by atoms with van der Waals surface area (Å²) in [6, 6.07) is 5.53. The van der Waals surface area contributed by atoms with E-state index in [1.807, 2.05) is 25.3 Å². The molecular formula is C11H13BrO2S. The summed E-state index contributed by atoms with van der Waals surface area (Å²) in [5.74, 6) is 0.593. The number of halogens is 1. The lowest BCUT2D eigenvalue weighted by Gasteiger charge is -2.06. The van der Waals surface area contributed by atoms with Crippen molar-refractivity contribution in [2.75, 3.05) is 18.6 Å². The zero-order valence-corrected chi connectivity index (χ0v) is 11.2. The van der Waals surface area contributed by atoms with E-state index in [1.165, 1.54) is 0 Å². The van der Waals surface area contributed by atoms with Crippen molar-refractivity contribution >= 4 is 33.7 Å². The van der Waals surface area contributed by atoms with Gasteiger partial charge in [-0.3, -0.25) is 0 Å². The molecule has 0 bridgehead atoms. The number of esters is 1.